The number of H-pyrrole nitrogens is 1. The Morgan fingerprint density at radius 3 is 2.45 bits per heavy atom. The molecule has 0 aromatic carbocycles. The van der Waals surface area contributed by atoms with Crippen LogP contribution < -0.4 is 0 Å². The van der Waals surface area contributed by atoms with Crippen LogP contribution in [0.3, 0.4) is 0 Å². The Morgan fingerprint density at radius 2 is 1.93 bits per heavy atom. The van der Waals surface area contributed by atoms with Crippen LogP contribution in [0.15, 0.2) is 12.3 Å². The molecule has 3 rings (SSSR count). The standard InChI is InChI=1S/C16H26N4O2.C2HF3O2/c1-22-13-3-10-20-9-2-5-16(20)6-11-19(12-7-16)15(21)14-4-8-17-18-14;3-2(4,5)1(6)7/h4,8H,2-3,5-7,9-13H2,1H3,(H,17,18);(H,6,7). The number of nitrogens with zero attached hydrogens (tertiary/aromatic N) is 3. The summed E-state index contributed by atoms with van der Waals surface area (Å²) in [7, 11) is 1.76. The van der Waals surface area contributed by atoms with Crippen LogP contribution in [0.1, 0.15) is 42.6 Å². The minimum absolute atomic E-state index is 0.0799. The van der Waals surface area contributed by atoms with E-state index in [-0.39, 0.29) is 5.91 Å². The molecule has 1 aromatic heterocycles. The van der Waals surface area contributed by atoms with Gasteiger partial charge in [0, 0.05) is 45.1 Å². The fourth-order valence-corrected chi connectivity index (χ4v) is 3.98. The maximum Gasteiger partial charge on any atom is 0.490 e. The Labute approximate surface area is 167 Å². The minimum Gasteiger partial charge on any atom is -0.475 e. The van der Waals surface area contributed by atoms with Gasteiger partial charge in [-0.2, -0.15) is 18.3 Å². The largest absolute Gasteiger partial charge is 0.490 e. The summed E-state index contributed by atoms with van der Waals surface area (Å²) in [6.07, 6.45) is 2.36. The monoisotopic (exact) mass is 420 g/mol. The van der Waals surface area contributed by atoms with Crippen LogP contribution in [-0.2, 0) is 9.53 Å². The van der Waals surface area contributed by atoms with Crippen molar-refractivity contribution in [1.29, 1.82) is 0 Å². The van der Waals surface area contributed by atoms with Gasteiger partial charge in [0.25, 0.3) is 5.91 Å². The molecule has 2 aliphatic rings. The molecular weight excluding hydrogens is 393 g/mol. The van der Waals surface area contributed by atoms with Crippen molar-refractivity contribution in [3.8, 4) is 0 Å². The van der Waals surface area contributed by atoms with E-state index in [4.69, 9.17) is 14.6 Å². The van der Waals surface area contributed by atoms with E-state index < -0.39 is 12.1 Å². The number of hydrogen-bond acceptors (Lipinski definition) is 5. The van der Waals surface area contributed by atoms with Crippen LogP contribution in [0.25, 0.3) is 0 Å². The average Bonchev–Trinajstić information content (AvgIpc) is 3.33. The summed E-state index contributed by atoms with van der Waals surface area (Å²) in [5, 5.41) is 13.8. The number of aromatic nitrogens is 2. The van der Waals surface area contributed by atoms with Crippen LogP contribution in [0.2, 0.25) is 0 Å². The normalized spacial score (nSPS) is 19.1. The molecule has 0 saturated carbocycles. The summed E-state index contributed by atoms with van der Waals surface area (Å²) in [6, 6.07) is 1.75. The number of alkyl halides is 3. The number of rotatable bonds is 5. The van der Waals surface area contributed by atoms with Gasteiger partial charge in [-0.1, -0.05) is 0 Å². The zero-order valence-electron chi connectivity index (χ0n) is 16.4. The number of hydrogen-bond donors (Lipinski definition) is 2. The van der Waals surface area contributed by atoms with Crippen molar-refractivity contribution in [2.75, 3.05) is 39.9 Å². The van der Waals surface area contributed by atoms with E-state index in [1.165, 1.54) is 19.4 Å². The average molecular weight is 420 g/mol. The smallest absolute Gasteiger partial charge is 0.475 e. The fraction of sp³-hybridized carbons (Fsp3) is 0.722. The van der Waals surface area contributed by atoms with Crippen molar-refractivity contribution in [2.24, 2.45) is 0 Å². The molecule has 0 atom stereocenters. The van der Waals surface area contributed by atoms with E-state index in [2.05, 4.69) is 15.1 Å². The molecule has 0 bridgehead atoms. The lowest BCUT2D eigenvalue weighted by atomic mass is 9.84. The van der Waals surface area contributed by atoms with Crippen molar-refractivity contribution in [3.63, 3.8) is 0 Å². The van der Waals surface area contributed by atoms with Gasteiger partial charge in [-0.15, -0.1) is 0 Å². The minimum atomic E-state index is -5.08. The van der Waals surface area contributed by atoms with Crippen molar-refractivity contribution in [2.45, 2.75) is 43.8 Å². The summed E-state index contributed by atoms with van der Waals surface area (Å²) in [4.78, 5) is 25.9. The number of amides is 1. The van der Waals surface area contributed by atoms with Gasteiger partial charge in [-0.05, 0) is 44.7 Å². The van der Waals surface area contributed by atoms with Gasteiger partial charge in [0.2, 0.25) is 0 Å². The Balaban J connectivity index is 0.000000370. The van der Waals surface area contributed by atoms with E-state index in [9.17, 15) is 18.0 Å². The van der Waals surface area contributed by atoms with Crippen LogP contribution >= 0.6 is 0 Å². The van der Waals surface area contributed by atoms with Crippen molar-refractivity contribution < 1.29 is 32.6 Å². The van der Waals surface area contributed by atoms with Crippen molar-refractivity contribution in [3.05, 3.63) is 18.0 Å². The molecule has 8 nitrogen and oxygen atoms in total. The Bertz CT molecular complexity index is 659. The summed E-state index contributed by atoms with van der Waals surface area (Å²) < 4.78 is 36.9. The Hall–Kier alpha value is -2.14. The summed E-state index contributed by atoms with van der Waals surface area (Å²) in [6.45, 7) is 4.83. The number of methoxy groups -OCH3 is 1. The second-order valence-electron chi connectivity index (χ2n) is 7.23. The van der Waals surface area contributed by atoms with E-state index >= 15 is 0 Å². The van der Waals surface area contributed by atoms with Gasteiger partial charge >= 0.3 is 12.1 Å². The number of carbonyl (C=O) groups excluding carboxylic acids is 1. The number of aromatic amines is 1. The molecule has 2 N–H and O–H groups in total. The summed E-state index contributed by atoms with van der Waals surface area (Å²) in [5.74, 6) is -2.68. The summed E-state index contributed by atoms with van der Waals surface area (Å²) in [5.41, 5.74) is 0.915. The second-order valence-corrected chi connectivity index (χ2v) is 7.23. The number of aliphatic carboxylic acids is 1. The number of piperidine rings is 1. The highest BCUT2D eigenvalue weighted by atomic mass is 19.4. The van der Waals surface area contributed by atoms with Gasteiger partial charge in [-0.3, -0.25) is 14.8 Å². The Kier molecular flexibility index (Phi) is 8.03. The van der Waals surface area contributed by atoms with Crippen LogP contribution in [0.4, 0.5) is 13.2 Å². The first-order valence-corrected chi connectivity index (χ1v) is 9.52. The van der Waals surface area contributed by atoms with Gasteiger partial charge < -0.3 is 14.7 Å². The number of nitrogens with one attached hydrogen (secondary N) is 1. The number of carbonyl (C=O) groups is 2. The van der Waals surface area contributed by atoms with Gasteiger partial charge in [0.1, 0.15) is 5.69 Å². The Morgan fingerprint density at radius 1 is 1.28 bits per heavy atom. The number of halogens is 3. The van der Waals surface area contributed by atoms with E-state index in [1.54, 1.807) is 19.4 Å². The third-order valence-corrected chi connectivity index (χ3v) is 5.47. The lowest BCUT2D eigenvalue weighted by molar-refractivity contribution is -0.192. The van der Waals surface area contributed by atoms with E-state index in [0.717, 1.165) is 45.5 Å². The molecule has 2 aliphatic heterocycles. The zero-order valence-corrected chi connectivity index (χ0v) is 16.4. The highest BCUT2D eigenvalue weighted by molar-refractivity contribution is 5.92. The first-order valence-electron chi connectivity index (χ1n) is 9.52. The molecule has 0 unspecified atom stereocenters. The number of carboxylic acid groups (broad SMARTS) is 1. The van der Waals surface area contributed by atoms with Crippen molar-refractivity contribution >= 4 is 11.9 Å². The molecule has 11 heteroatoms. The third kappa shape index (κ3) is 6.17. The molecular formula is C18H27F3N4O4. The number of carboxylic acids is 1. The molecule has 1 spiro atoms. The van der Waals surface area contributed by atoms with Crippen LogP contribution in [0, 0.1) is 0 Å². The summed E-state index contributed by atoms with van der Waals surface area (Å²) >= 11 is 0. The second kappa shape index (κ2) is 10.1. The number of likely N-dealkylation sites (tertiary alicyclic amines) is 2. The molecule has 1 amide bonds. The zero-order chi connectivity index (χ0) is 21.5. The molecule has 0 aliphatic carbocycles. The molecule has 0 radical (unpaired) electrons. The molecule has 2 fully saturated rings. The molecule has 29 heavy (non-hydrogen) atoms. The SMILES string of the molecule is COCCCN1CCCC12CCN(C(=O)c1ccn[nH]1)CC2.O=C(O)C(F)(F)F. The van der Waals surface area contributed by atoms with Gasteiger partial charge in [-0.25, -0.2) is 4.79 Å². The lowest BCUT2D eigenvalue weighted by Crippen LogP contribution is -2.53. The fourth-order valence-electron chi connectivity index (χ4n) is 3.98. The molecule has 2 saturated heterocycles. The molecule has 1 aromatic rings. The van der Waals surface area contributed by atoms with Gasteiger partial charge in [0.15, 0.2) is 0 Å². The maximum absolute atomic E-state index is 12.4. The lowest BCUT2D eigenvalue weighted by Gasteiger charge is -2.45. The molecule has 164 valence electrons. The van der Waals surface area contributed by atoms with Crippen molar-refractivity contribution in [1.82, 2.24) is 20.0 Å². The van der Waals surface area contributed by atoms with Gasteiger partial charge in [0.05, 0.1) is 0 Å². The highest BCUT2D eigenvalue weighted by Gasteiger charge is 2.43. The third-order valence-electron chi connectivity index (χ3n) is 5.47. The highest BCUT2D eigenvalue weighted by Crippen LogP contribution is 2.38. The predicted octanol–water partition coefficient (Wildman–Crippen LogP) is 2.15. The first-order chi connectivity index (χ1) is 13.7. The quantitative estimate of drug-likeness (QED) is 0.709. The van der Waals surface area contributed by atoms with E-state index in [1.807, 2.05) is 4.90 Å². The predicted molar refractivity (Wildman–Crippen MR) is 97.4 cm³/mol. The van der Waals surface area contributed by atoms with E-state index in [0.29, 0.717) is 11.2 Å². The van der Waals surface area contributed by atoms with Crippen LogP contribution in [-0.4, -0.2) is 88.6 Å². The molecule has 3 heterocycles. The topological polar surface area (TPSA) is 98.8 Å². The maximum atomic E-state index is 12.4. The number of ether oxygens (including phenoxy) is 1. The van der Waals surface area contributed by atoms with Crippen LogP contribution in [0.5, 0.6) is 0 Å². The first kappa shape index (κ1) is 23.1.